The molecule has 0 aliphatic carbocycles. The van der Waals surface area contributed by atoms with Crippen LogP contribution in [-0.4, -0.2) is 32.7 Å². The first-order valence-electron chi connectivity index (χ1n) is 9.18. The van der Waals surface area contributed by atoms with Crippen LogP contribution >= 0.6 is 24.0 Å². The Hall–Kier alpha value is -2.64. The molecule has 0 radical (unpaired) electrons. The van der Waals surface area contributed by atoms with E-state index in [-0.39, 0.29) is 12.3 Å². The first-order valence-corrected chi connectivity index (χ1v) is 10.4. The molecule has 150 valence electrons. The van der Waals surface area contributed by atoms with E-state index < -0.39 is 5.97 Å². The van der Waals surface area contributed by atoms with Crippen molar-refractivity contribution in [3.8, 4) is 5.75 Å². The molecule has 0 atom stereocenters. The first-order chi connectivity index (χ1) is 13.9. The van der Waals surface area contributed by atoms with Crippen LogP contribution in [0, 0.1) is 6.92 Å². The number of carboxylic acids is 1. The Morgan fingerprint density at radius 2 is 1.86 bits per heavy atom. The molecule has 1 aliphatic heterocycles. The minimum absolute atomic E-state index is 0.0140. The molecule has 0 unspecified atom stereocenters. The number of carbonyl (C=O) groups excluding carboxylic acids is 1. The van der Waals surface area contributed by atoms with Crippen molar-refractivity contribution < 1.29 is 19.4 Å². The number of hydrogen-bond acceptors (Lipinski definition) is 5. The average molecular weight is 428 g/mol. The summed E-state index contributed by atoms with van der Waals surface area (Å²) in [6.07, 6.45) is 2.18. The molecule has 0 aromatic heterocycles. The van der Waals surface area contributed by atoms with Gasteiger partial charge in [0.2, 0.25) is 0 Å². The molecule has 2 aromatic rings. The molecule has 1 saturated heterocycles. The van der Waals surface area contributed by atoms with E-state index in [2.05, 4.69) is 12.1 Å². The largest absolute Gasteiger partial charge is 0.489 e. The molecular weight excluding hydrogens is 406 g/mol. The van der Waals surface area contributed by atoms with Gasteiger partial charge in [0.05, 0.1) is 4.91 Å². The van der Waals surface area contributed by atoms with Crippen LogP contribution in [0.4, 0.5) is 0 Å². The summed E-state index contributed by atoms with van der Waals surface area (Å²) in [5.41, 5.74) is 3.19. The summed E-state index contributed by atoms with van der Waals surface area (Å²) in [6.45, 7) is 2.86. The van der Waals surface area contributed by atoms with Gasteiger partial charge in [0.1, 0.15) is 16.7 Å². The number of aliphatic carboxylic acids is 1. The predicted octanol–water partition coefficient (Wildman–Crippen LogP) is 4.64. The number of aryl methyl sites for hydroxylation is 1. The van der Waals surface area contributed by atoms with Gasteiger partial charge in [-0.2, -0.15) is 0 Å². The Morgan fingerprint density at radius 3 is 2.52 bits per heavy atom. The number of benzene rings is 2. The van der Waals surface area contributed by atoms with Gasteiger partial charge in [0.15, 0.2) is 0 Å². The van der Waals surface area contributed by atoms with E-state index in [9.17, 15) is 9.59 Å². The highest BCUT2D eigenvalue weighted by molar-refractivity contribution is 8.26. The lowest BCUT2D eigenvalue weighted by molar-refractivity contribution is -0.137. The second-order valence-corrected chi connectivity index (χ2v) is 8.35. The molecule has 29 heavy (non-hydrogen) atoms. The Morgan fingerprint density at radius 1 is 1.17 bits per heavy atom. The zero-order chi connectivity index (χ0) is 20.8. The number of nitrogens with zero attached hydrogens (tertiary/aromatic N) is 1. The Labute approximate surface area is 179 Å². The molecule has 1 aliphatic rings. The van der Waals surface area contributed by atoms with Crippen LogP contribution in [0.15, 0.2) is 53.4 Å². The number of carbonyl (C=O) groups is 2. The van der Waals surface area contributed by atoms with Crippen molar-refractivity contribution in [3.63, 3.8) is 0 Å². The van der Waals surface area contributed by atoms with E-state index in [0.29, 0.717) is 28.8 Å². The van der Waals surface area contributed by atoms with Crippen LogP contribution in [0.1, 0.15) is 29.5 Å². The number of ether oxygens (including phenoxy) is 1. The summed E-state index contributed by atoms with van der Waals surface area (Å²) >= 11 is 6.50. The van der Waals surface area contributed by atoms with Crippen molar-refractivity contribution in [2.45, 2.75) is 26.4 Å². The lowest BCUT2D eigenvalue weighted by atomic mass is 10.1. The lowest BCUT2D eigenvalue weighted by Gasteiger charge is -2.13. The number of thioether (sulfide) groups is 1. The number of thiocarbonyl (C=S) groups is 1. The topological polar surface area (TPSA) is 66.8 Å². The Bertz CT molecular complexity index is 936. The van der Waals surface area contributed by atoms with Gasteiger partial charge in [-0.25, -0.2) is 0 Å². The molecular formula is C22H21NO4S2. The summed E-state index contributed by atoms with van der Waals surface area (Å²) in [7, 11) is 0. The molecule has 2 aromatic carbocycles. The summed E-state index contributed by atoms with van der Waals surface area (Å²) in [5.74, 6) is -0.301. The highest BCUT2D eigenvalue weighted by Gasteiger charge is 2.31. The van der Waals surface area contributed by atoms with Crippen molar-refractivity contribution in [1.82, 2.24) is 4.90 Å². The van der Waals surface area contributed by atoms with Crippen molar-refractivity contribution >= 4 is 46.3 Å². The van der Waals surface area contributed by atoms with E-state index in [1.165, 1.54) is 22.2 Å². The third-order valence-corrected chi connectivity index (χ3v) is 5.73. The van der Waals surface area contributed by atoms with E-state index in [4.69, 9.17) is 22.1 Å². The fourth-order valence-electron chi connectivity index (χ4n) is 2.74. The normalized spacial score (nSPS) is 15.2. The fraction of sp³-hybridized carbons (Fsp3) is 0.227. The predicted molar refractivity (Wildman–Crippen MR) is 119 cm³/mol. The third kappa shape index (κ3) is 5.92. The van der Waals surface area contributed by atoms with Crippen LogP contribution in [0.5, 0.6) is 5.75 Å². The van der Waals surface area contributed by atoms with E-state index in [1.54, 1.807) is 6.08 Å². The van der Waals surface area contributed by atoms with Crippen LogP contribution in [-0.2, 0) is 16.2 Å². The molecule has 3 rings (SSSR count). The van der Waals surface area contributed by atoms with Gasteiger partial charge in [-0.3, -0.25) is 14.5 Å². The van der Waals surface area contributed by atoms with Crippen molar-refractivity contribution in [2.75, 3.05) is 6.54 Å². The lowest BCUT2D eigenvalue weighted by Crippen LogP contribution is -2.29. The van der Waals surface area contributed by atoms with Gasteiger partial charge in [0.25, 0.3) is 5.91 Å². The zero-order valence-electron chi connectivity index (χ0n) is 16.0. The smallest absolute Gasteiger partial charge is 0.303 e. The fourth-order valence-corrected chi connectivity index (χ4v) is 4.05. The van der Waals surface area contributed by atoms with Crippen LogP contribution < -0.4 is 4.74 Å². The molecule has 0 bridgehead atoms. The van der Waals surface area contributed by atoms with Crippen LogP contribution in [0.25, 0.3) is 6.08 Å². The standard InChI is InChI=1S/C22H21NO4S2/c1-15-4-6-17(7-5-15)14-27-18-10-8-16(9-11-18)13-19-21(26)23(22(28)29-19)12-2-3-20(24)25/h4-11,13H,2-3,12,14H2,1H3,(H,24,25)/b19-13+. The second-order valence-electron chi connectivity index (χ2n) is 6.67. The molecule has 1 amide bonds. The Balaban J connectivity index is 1.58. The number of rotatable bonds is 8. The van der Waals surface area contributed by atoms with Crippen LogP contribution in [0.2, 0.25) is 0 Å². The Kier molecular flexibility index (Phi) is 7.06. The monoisotopic (exact) mass is 427 g/mol. The maximum absolute atomic E-state index is 12.5. The van der Waals surface area contributed by atoms with E-state index in [0.717, 1.165) is 16.9 Å². The molecule has 1 N–H and O–H groups in total. The van der Waals surface area contributed by atoms with Crippen molar-refractivity contribution in [3.05, 3.63) is 70.1 Å². The van der Waals surface area contributed by atoms with Gasteiger partial charge in [-0.1, -0.05) is 65.9 Å². The number of carboxylic acid groups (broad SMARTS) is 1. The maximum atomic E-state index is 12.5. The second kappa shape index (κ2) is 9.71. The van der Waals surface area contributed by atoms with Gasteiger partial charge in [0, 0.05) is 13.0 Å². The summed E-state index contributed by atoms with van der Waals surface area (Å²) in [4.78, 5) is 25.2. The van der Waals surface area contributed by atoms with E-state index in [1.807, 2.05) is 43.3 Å². The van der Waals surface area contributed by atoms with Gasteiger partial charge >= 0.3 is 5.97 Å². The molecule has 5 nitrogen and oxygen atoms in total. The SMILES string of the molecule is Cc1ccc(COc2ccc(/C=C3/SC(=S)N(CCCC(=O)O)C3=O)cc2)cc1. The molecule has 1 heterocycles. The third-order valence-electron chi connectivity index (χ3n) is 4.35. The number of amides is 1. The highest BCUT2D eigenvalue weighted by Crippen LogP contribution is 2.33. The summed E-state index contributed by atoms with van der Waals surface area (Å²) < 4.78 is 6.27. The van der Waals surface area contributed by atoms with Gasteiger partial charge in [-0.05, 0) is 42.7 Å². The molecule has 0 spiro atoms. The minimum atomic E-state index is -0.879. The highest BCUT2D eigenvalue weighted by atomic mass is 32.2. The summed E-state index contributed by atoms with van der Waals surface area (Å²) in [6, 6.07) is 15.7. The van der Waals surface area contributed by atoms with Crippen molar-refractivity contribution in [2.24, 2.45) is 0 Å². The van der Waals surface area contributed by atoms with E-state index >= 15 is 0 Å². The quantitative estimate of drug-likeness (QED) is 0.489. The van der Waals surface area contributed by atoms with Gasteiger partial charge in [-0.15, -0.1) is 0 Å². The number of hydrogen-bond donors (Lipinski definition) is 1. The molecule has 0 saturated carbocycles. The molecule has 7 heteroatoms. The first kappa shape index (κ1) is 21.1. The molecule has 1 fully saturated rings. The van der Waals surface area contributed by atoms with Gasteiger partial charge < -0.3 is 9.84 Å². The zero-order valence-corrected chi connectivity index (χ0v) is 17.6. The maximum Gasteiger partial charge on any atom is 0.303 e. The summed E-state index contributed by atoms with van der Waals surface area (Å²) in [5, 5.41) is 8.74. The average Bonchev–Trinajstić information content (AvgIpc) is 2.96. The van der Waals surface area contributed by atoms with Crippen LogP contribution in [0.3, 0.4) is 0 Å². The van der Waals surface area contributed by atoms with Crippen molar-refractivity contribution in [1.29, 1.82) is 0 Å². The minimum Gasteiger partial charge on any atom is -0.489 e.